The summed E-state index contributed by atoms with van der Waals surface area (Å²) in [6, 6.07) is 6.74. The average Bonchev–Trinajstić information content (AvgIpc) is 2.71. The molecule has 0 radical (unpaired) electrons. The van der Waals surface area contributed by atoms with E-state index in [1.54, 1.807) is 24.3 Å². The molecule has 3 nitrogen and oxygen atoms in total. The van der Waals surface area contributed by atoms with E-state index in [0.29, 0.717) is 12.8 Å². The topological polar surface area (TPSA) is 51.2 Å². The first-order valence-corrected chi connectivity index (χ1v) is 7.84. The van der Waals surface area contributed by atoms with E-state index in [1.807, 2.05) is 13.8 Å². The van der Waals surface area contributed by atoms with Gasteiger partial charge in [0.05, 0.1) is 4.90 Å². The maximum absolute atomic E-state index is 12.5. The molecule has 0 unspecified atom stereocenters. The molecule has 1 saturated carbocycles. The number of hydrogen-bond acceptors (Lipinski definition) is 3. The molecule has 2 rings (SSSR count). The van der Waals surface area contributed by atoms with Gasteiger partial charge in [0.25, 0.3) is 0 Å². The summed E-state index contributed by atoms with van der Waals surface area (Å²) in [5.74, 6) is -0.147. The van der Waals surface area contributed by atoms with E-state index >= 15 is 0 Å². The molecule has 1 aliphatic carbocycles. The zero-order valence-corrected chi connectivity index (χ0v) is 11.5. The van der Waals surface area contributed by atoms with Gasteiger partial charge in [0.2, 0.25) is 0 Å². The molecular formula is C14H18O3S. The predicted molar refractivity (Wildman–Crippen MR) is 70.2 cm³/mol. The smallest absolute Gasteiger partial charge is 0.188 e. The number of hydrogen-bond donors (Lipinski definition) is 0. The minimum atomic E-state index is -3.52. The second kappa shape index (κ2) is 4.84. The van der Waals surface area contributed by atoms with Crippen molar-refractivity contribution in [1.82, 2.24) is 0 Å². The Morgan fingerprint density at radius 2 is 1.83 bits per heavy atom. The molecule has 0 heterocycles. The second-order valence-corrected chi connectivity index (χ2v) is 7.02. The van der Waals surface area contributed by atoms with Crippen molar-refractivity contribution in [3.63, 3.8) is 0 Å². The number of Topliss-reactive ketones (excluding diaryl/α,β-unsaturated/α-hetero) is 1. The number of carbonyl (C=O) groups is 1. The van der Waals surface area contributed by atoms with Crippen LogP contribution in [0.1, 0.15) is 31.7 Å². The molecule has 1 aliphatic rings. The minimum Gasteiger partial charge on any atom is -0.298 e. The molecule has 1 aromatic rings. The minimum absolute atomic E-state index is 0.0243. The molecule has 4 heteroatoms. The molecule has 0 bridgehead atoms. The van der Waals surface area contributed by atoms with Crippen LogP contribution >= 0.6 is 0 Å². The number of ketones is 1. The van der Waals surface area contributed by atoms with Gasteiger partial charge in [-0.2, -0.15) is 0 Å². The Morgan fingerprint density at radius 1 is 1.22 bits per heavy atom. The van der Waals surface area contributed by atoms with E-state index in [-0.39, 0.29) is 16.6 Å². The monoisotopic (exact) mass is 266 g/mol. The van der Waals surface area contributed by atoms with Crippen molar-refractivity contribution in [2.24, 2.45) is 5.92 Å². The molecule has 0 spiro atoms. The third-order valence-corrected chi connectivity index (χ3v) is 5.96. The molecule has 1 fully saturated rings. The summed E-state index contributed by atoms with van der Waals surface area (Å²) in [4.78, 5) is 12.1. The summed E-state index contributed by atoms with van der Waals surface area (Å²) in [6.45, 7) is 3.85. The highest BCUT2D eigenvalue weighted by Crippen LogP contribution is 2.34. The van der Waals surface area contributed by atoms with Gasteiger partial charge in [0.15, 0.2) is 15.6 Å². The van der Waals surface area contributed by atoms with Gasteiger partial charge in [0, 0.05) is 6.42 Å². The third kappa shape index (κ3) is 2.21. The van der Waals surface area contributed by atoms with Gasteiger partial charge in [-0.05, 0) is 31.4 Å². The lowest BCUT2D eigenvalue weighted by molar-refractivity contribution is -0.117. The summed E-state index contributed by atoms with van der Waals surface area (Å²) in [6.07, 6.45) is 1.83. The van der Waals surface area contributed by atoms with Crippen LogP contribution in [-0.2, 0) is 14.6 Å². The van der Waals surface area contributed by atoms with Gasteiger partial charge >= 0.3 is 0 Å². The fourth-order valence-corrected chi connectivity index (χ4v) is 4.71. The fourth-order valence-electron chi connectivity index (χ4n) is 2.60. The largest absolute Gasteiger partial charge is 0.298 e. The summed E-state index contributed by atoms with van der Waals surface area (Å²) < 4.78 is 25.0. The van der Waals surface area contributed by atoms with Crippen molar-refractivity contribution in [2.45, 2.75) is 43.3 Å². The van der Waals surface area contributed by atoms with Gasteiger partial charge in [-0.3, -0.25) is 4.79 Å². The zero-order chi connectivity index (χ0) is 13.3. The predicted octanol–water partition coefficient (Wildman–Crippen LogP) is 2.53. The van der Waals surface area contributed by atoms with Crippen LogP contribution in [0.15, 0.2) is 29.2 Å². The summed E-state index contributed by atoms with van der Waals surface area (Å²) >= 11 is 0. The number of aryl methyl sites for hydroxylation is 1. The fraction of sp³-hybridized carbons (Fsp3) is 0.500. The van der Waals surface area contributed by atoms with Crippen molar-refractivity contribution in [3.8, 4) is 0 Å². The van der Waals surface area contributed by atoms with Gasteiger partial charge in [0.1, 0.15) is 5.25 Å². The van der Waals surface area contributed by atoms with E-state index in [2.05, 4.69) is 0 Å². The van der Waals surface area contributed by atoms with Crippen LogP contribution in [0.5, 0.6) is 0 Å². The zero-order valence-electron chi connectivity index (χ0n) is 10.7. The van der Waals surface area contributed by atoms with Crippen molar-refractivity contribution in [2.75, 3.05) is 0 Å². The highest BCUT2D eigenvalue weighted by atomic mass is 32.2. The maximum Gasteiger partial charge on any atom is 0.188 e. The normalized spacial score (nSPS) is 24.4. The highest BCUT2D eigenvalue weighted by molar-refractivity contribution is 7.92. The summed E-state index contributed by atoms with van der Waals surface area (Å²) in [5.41, 5.74) is 1.01. The van der Waals surface area contributed by atoms with Crippen molar-refractivity contribution in [3.05, 3.63) is 29.8 Å². The van der Waals surface area contributed by atoms with Gasteiger partial charge in [-0.15, -0.1) is 0 Å². The number of sulfone groups is 1. The molecule has 2 atom stereocenters. The Labute approximate surface area is 108 Å². The standard InChI is InChI=1S/C14H18O3S/c1-3-11-6-9-13(15)14(11)18(16,17)12-7-4-10(2)5-8-12/h4-5,7-8,11,14H,3,6,9H2,1-2H3/t11-,14+/m0/s1. The Kier molecular flexibility index (Phi) is 3.57. The van der Waals surface area contributed by atoms with Crippen LogP contribution in [0.3, 0.4) is 0 Å². The molecule has 1 aromatic carbocycles. The maximum atomic E-state index is 12.5. The van der Waals surface area contributed by atoms with E-state index < -0.39 is 15.1 Å². The third-order valence-electron chi connectivity index (χ3n) is 3.72. The van der Waals surface area contributed by atoms with Crippen LogP contribution in [-0.4, -0.2) is 19.5 Å². The molecule has 0 saturated heterocycles. The molecule has 0 aromatic heterocycles. The molecule has 98 valence electrons. The molecule has 0 aliphatic heterocycles. The van der Waals surface area contributed by atoms with Gasteiger partial charge in [-0.25, -0.2) is 8.42 Å². The van der Waals surface area contributed by atoms with Crippen LogP contribution in [0, 0.1) is 12.8 Å². The number of carbonyl (C=O) groups excluding carboxylic acids is 1. The first-order chi connectivity index (χ1) is 8.46. The lowest BCUT2D eigenvalue weighted by Gasteiger charge is -2.17. The van der Waals surface area contributed by atoms with Crippen molar-refractivity contribution >= 4 is 15.6 Å². The number of benzene rings is 1. The van der Waals surface area contributed by atoms with Crippen LogP contribution in [0.2, 0.25) is 0 Å². The Balaban J connectivity index is 2.41. The lowest BCUT2D eigenvalue weighted by Crippen LogP contribution is -2.31. The van der Waals surface area contributed by atoms with E-state index in [0.717, 1.165) is 12.0 Å². The van der Waals surface area contributed by atoms with E-state index in [1.165, 1.54) is 0 Å². The van der Waals surface area contributed by atoms with Crippen LogP contribution < -0.4 is 0 Å². The van der Waals surface area contributed by atoms with E-state index in [9.17, 15) is 13.2 Å². The molecular weight excluding hydrogens is 248 g/mol. The average molecular weight is 266 g/mol. The highest BCUT2D eigenvalue weighted by Gasteiger charge is 2.43. The van der Waals surface area contributed by atoms with Gasteiger partial charge in [-0.1, -0.05) is 31.0 Å². The van der Waals surface area contributed by atoms with Crippen molar-refractivity contribution in [1.29, 1.82) is 0 Å². The van der Waals surface area contributed by atoms with Crippen molar-refractivity contribution < 1.29 is 13.2 Å². The van der Waals surface area contributed by atoms with Gasteiger partial charge < -0.3 is 0 Å². The Hall–Kier alpha value is -1.16. The molecule has 18 heavy (non-hydrogen) atoms. The summed E-state index contributed by atoms with van der Waals surface area (Å²) in [7, 11) is -3.52. The number of rotatable bonds is 3. The molecule has 0 N–H and O–H groups in total. The van der Waals surface area contributed by atoms with Crippen LogP contribution in [0.25, 0.3) is 0 Å². The molecule has 0 amide bonds. The lowest BCUT2D eigenvalue weighted by atomic mass is 10.1. The van der Waals surface area contributed by atoms with Crippen LogP contribution in [0.4, 0.5) is 0 Å². The Morgan fingerprint density at radius 3 is 2.39 bits per heavy atom. The summed E-state index contributed by atoms with van der Waals surface area (Å²) in [5, 5.41) is -0.829. The first kappa shape index (κ1) is 13.3. The first-order valence-electron chi connectivity index (χ1n) is 6.30. The SMILES string of the molecule is CC[C@H]1CCC(=O)[C@@H]1S(=O)(=O)c1ccc(C)cc1. The second-order valence-electron chi connectivity index (χ2n) is 4.95. The Bertz CT molecular complexity index is 543. The van der Waals surface area contributed by atoms with E-state index in [4.69, 9.17) is 0 Å². The quantitative estimate of drug-likeness (QED) is 0.844.